The van der Waals surface area contributed by atoms with Crippen LogP contribution >= 0.6 is 0 Å². The summed E-state index contributed by atoms with van der Waals surface area (Å²) in [5.74, 6) is -0.235. The van der Waals surface area contributed by atoms with Gasteiger partial charge in [0.15, 0.2) is 12.4 Å². The number of rotatable bonds is 7. The lowest BCUT2D eigenvalue weighted by molar-refractivity contribution is -0.153. The number of halogens is 5. The Kier molecular flexibility index (Phi) is 6.13. The van der Waals surface area contributed by atoms with E-state index < -0.39 is 30.6 Å². The number of pyridine rings is 1. The van der Waals surface area contributed by atoms with Crippen molar-refractivity contribution in [2.75, 3.05) is 6.61 Å². The quantitative estimate of drug-likeness (QED) is 0.446. The Hall–Kier alpha value is -2.60. The van der Waals surface area contributed by atoms with Gasteiger partial charge < -0.3 is 14.0 Å². The second-order valence-corrected chi connectivity index (χ2v) is 7.24. The molecule has 0 fully saturated rings. The normalized spacial score (nSPS) is 13.1. The summed E-state index contributed by atoms with van der Waals surface area (Å²) in [5, 5.41) is 0.0667. The predicted octanol–water partition coefficient (Wildman–Crippen LogP) is 4.12. The first kappa shape index (κ1) is 21.1. The smallest absolute Gasteiger partial charge is 0.422 e. The Morgan fingerprint density at radius 3 is 2.69 bits per heavy atom. The molecule has 0 amide bonds. The average molecular weight is 435 g/mol. The van der Waals surface area contributed by atoms with E-state index in [4.69, 9.17) is 4.74 Å². The molecule has 6 nitrogen and oxygen atoms in total. The van der Waals surface area contributed by atoms with Gasteiger partial charge in [0.25, 0.3) is 0 Å². The first-order chi connectivity index (χ1) is 13.6. The SMILES string of the molecule is Cc1c(OCC(F)(F)F)ccnc1C[S@+]([O-])c1nc2cc(OC(F)F)ccc2[nH]1. The van der Waals surface area contributed by atoms with Crippen molar-refractivity contribution in [3.63, 3.8) is 0 Å². The Morgan fingerprint density at radius 2 is 2.00 bits per heavy atom. The molecule has 29 heavy (non-hydrogen) atoms. The van der Waals surface area contributed by atoms with Crippen LogP contribution in [0.1, 0.15) is 11.3 Å². The third-order valence-electron chi connectivity index (χ3n) is 3.79. The number of ether oxygens (including phenoxy) is 2. The van der Waals surface area contributed by atoms with Crippen molar-refractivity contribution in [2.45, 2.75) is 30.6 Å². The third kappa shape index (κ3) is 5.48. The lowest BCUT2D eigenvalue weighted by Gasteiger charge is -2.14. The lowest BCUT2D eigenvalue weighted by Crippen LogP contribution is -2.20. The van der Waals surface area contributed by atoms with E-state index in [0.29, 0.717) is 11.1 Å². The molecule has 0 aliphatic rings. The molecule has 0 aliphatic carbocycles. The molecule has 0 radical (unpaired) electrons. The van der Waals surface area contributed by atoms with Crippen LogP contribution in [-0.2, 0) is 16.9 Å². The van der Waals surface area contributed by atoms with Crippen LogP contribution in [0, 0.1) is 6.92 Å². The van der Waals surface area contributed by atoms with E-state index in [0.717, 1.165) is 0 Å². The fourth-order valence-corrected chi connectivity index (χ4v) is 3.56. The van der Waals surface area contributed by atoms with Crippen LogP contribution in [0.15, 0.2) is 35.6 Å². The van der Waals surface area contributed by atoms with Gasteiger partial charge in [0.1, 0.15) is 11.5 Å². The Bertz CT molecular complexity index is 996. The van der Waals surface area contributed by atoms with Crippen LogP contribution in [-0.4, -0.2) is 38.9 Å². The molecule has 0 bridgehead atoms. The number of hydrogen-bond donors (Lipinski definition) is 1. The van der Waals surface area contributed by atoms with Crippen LogP contribution in [0.4, 0.5) is 22.0 Å². The summed E-state index contributed by atoms with van der Waals surface area (Å²) >= 11 is -1.72. The van der Waals surface area contributed by atoms with E-state index >= 15 is 0 Å². The number of aromatic nitrogens is 3. The maximum Gasteiger partial charge on any atom is 0.422 e. The van der Waals surface area contributed by atoms with Crippen LogP contribution in [0.3, 0.4) is 0 Å². The second-order valence-electron chi connectivity index (χ2n) is 5.87. The molecule has 156 valence electrons. The van der Waals surface area contributed by atoms with Gasteiger partial charge in [-0.25, -0.2) is 0 Å². The van der Waals surface area contributed by atoms with Crippen LogP contribution in [0.25, 0.3) is 11.0 Å². The molecule has 0 spiro atoms. The minimum atomic E-state index is -4.49. The zero-order valence-corrected chi connectivity index (χ0v) is 15.6. The van der Waals surface area contributed by atoms with Gasteiger partial charge in [0.2, 0.25) is 0 Å². The molecule has 12 heteroatoms. The van der Waals surface area contributed by atoms with Crippen molar-refractivity contribution in [2.24, 2.45) is 0 Å². The number of nitrogens with zero attached hydrogens (tertiary/aromatic N) is 2. The number of nitrogens with one attached hydrogen (secondary N) is 1. The van der Waals surface area contributed by atoms with E-state index in [1.807, 2.05) is 0 Å². The topological polar surface area (TPSA) is 83.1 Å². The zero-order chi connectivity index (χ0) is 21.2. The minimum Gasteiger partial charge on any atom is -0.609 e. The summed E-state index contributed by atoms with van der Waals surface area (Å²) in [6.07, 6.45) is -3.22. The average Bonchev–Trinajstić information content (AvgIpc) is 3.04. The van der Waals surface area contributed by atoms with Gasteiger partial charge in [-0.1, -0.05) is 0 Å². The van der Waals surface area contributed by atoms with Gasteiger partial charge in [-0.2, -0.15) is 26.9 Å². The van der Waals surface area contributed by atoms with Crippen molar-refractivity contribution >= 4 is 22.2 Å². The van der Waals surface area contributed by atoms with E-state index in [-0.39, 0.29) is 33.6 Å². The molecular weight excluding hydrogens is 421 g/mol. The molecule has 0 unspecified atom stereocenters. The molecule has 3 rings (SSSR count). The standard InChI is InChI=1S/C17H14F5N3O3S/c1-9-13(23-5-4-14(9)27-8-17(20,21)22)7-29(26)16-24-11-3-2-10(28-15(18)19)6-12(11)25-16/h2-6,15H,7-8H2,1H3,(H,24,25)/t29-/m0/s1. The number of hydrogen-bond acceptors (Lipinski definition) is 5. The highest BCUT2D eigenvalue weighted by atomic mass is 32.2. The maximum absolute atomic E-state index is 12.6. The van der Waals surface area contributed by atoms with Gasteiger partial charge in [-0.05, 0) is 25.1 Å². The number of aromatic amines is 1. The Labute approximate surface area is 164 Å². The van der Waals surface area contributed by atoms with Crippen molar-refractivity contribution in [3.05, 3.63) is 41.7 Å². The molecule has 0 aliphatic heterocycles. The summed E-state index contributed by atoms with van der Waals surface area (Å²) < 4.78 is 83.4. The highest BCUT2D eigenvalue weighted by Gasteiger charge is 2.29. The third-order valence-corrected chi connectivity index (χ3v) is 4.95. The zero-order valence-electron chi connectivity index (χ0n) is 14.8. The maximum atomic E-state index is 12.6. The van der Waals surface area contributed by atoms with E-state index in [2.05, 4.69) is 19.7 Å². The van der Waals surface area contributed by atoms with Crippen molar-refractivity contribution in [3.8, 4) is 11.5 Å². The van der Waals surface area contributed by atoms with E-state index in [1.165, 1.54) is 37.4 Å². The first-order valence-corrected chi connectivity index (χ1v) is 9.41. The minimum absolute atomic E-state index is 0.0114. The molecule has 0 saturated carbocycles. The lowest BCUT2D eigenvalue weighted by atomic mass is 10.2. The van der Waals surface area contributed by atoms with Gasteiger partial charge in [-0.15, -0.1) is 0 Å². The number of alkyl halides is 5. The van der Waals surface area contributed by atoms with Gasteiger partial charge in [0, 0.05) is 29.0 Å². The molecule has 3 aromatic rings. The molecule has 1 N–H and O–H groups in total. The van der Waals surface area contributed by atoms with E-state index in [1.54, 1.807) is 0 Å². The summed E-state index contributed by atoms with van der Waals surface area (Å²) in [7, 11) is 0. The molecule has 2 heterocycles. The number of fused-ring (bicyclic) bond motifs is 1. The highest BCUT2D eigenvalue weighted by molar-refractivity contribution is 7.90. The molecule has 0 saturated heterocycles. The number of imidazole rings is 1. The van der Waals surface area contributed by atoms with Crippen LogP contribution in [0.5, 0.6) is 11.5 Å². The van der Waals surface area contributed by atoms with Crippen molar-refractivity contribution < 1.29 is 36.0 Å². The molecule has 1 atom stereocenters. The highest BCUT2D eigenvalue weighted by Crippen LogP contribution is 2.27. The van der Waals surface area contributed by atoms with Crippen LogP contribution < -0.4 is 9.47 Å². The van der Waals surface area contributed by atoms with Crippen molar-refractivity contribution in [1.82, 2.24) is 15.0 Å². The fourth-order valence-electron chi connectivity index (χ4n) is 2.46. The Balaban J connectivity index is 1.77. The van der Waals surface area contributed by atoms with Crippen molar-refractivity contribution in [1.29, 1.82) is 0 Å². The van der Waals surface area contributed by atoms with Gasteiger partial charge in [-0.3, -0.25) is 9.97 Å². The molecule has 2 aromatic heterocycles. The summed E-state index contributed by atoms with van der Waals surface area (Å²) in [5.41, 5.74) is 1.35. The summed E-state index contributed by atoms with van der Waals surface area (Å²) in [4.78, 5) is 11.0. The number of benzene rings is 1. The fraction of sp³-hybridized carbons (Fsp3) is 0.294. The molecular formula is C17H14F5N3O3S. The predicted molar refractivity (Wildman–Crippen MR) is 93.4 cm³/mol. The first-order valence-electron chi connectivity index (χ1n) is 8.09. The van der Waals surface area contributed by atoms with Gasteiger partial charge >= 0.3 is 17.9 Å². The summed E-state index contributed by atoms with van der Waals surface area (Å²) in [6.45, 7) is -2.92. The second kappa shape index (κ2) is 8.41. The monoisotopic (exact) mass is 435 g/mol. The molecule has 1 aromatic carbocycles. The van der Waals surface area contributed by atoms with E-state index in [9.17, 15) is 26.5 Å². The largest absolute Gasteiger partial charge is 0.609 e. The van der Waals surface area contributed by atoms with Gasteiger partial charge in [0.05, 0.1) is 16.7 Å². The Morgan fingerprint density at radius 1 is 1.24 bits per heavy atom. The van der Waals surface area contributed by atoms with Crippen LogP contribution in [0.2, 0.25) is 0 Å². The number of H-pyrrole nitrogens is 1. The summed E-state index contributed by atoms with van der Waals surface area (Å²) in [6, 6.07) is 5.33.